The number of hydrogen-bond donors (Lipinski definition) is 0. The van der Waals surface area contributed by atoms with Crippen LogP contribution in [0.3, 0.4) is 0 Å². The molecule has 30 heavy (non-hydrogen) atoms. The van der Waals surface area contributed by atoms with E-state index in [0.717, 1.165) is 22.5 Å². The lowest BCUT2D eigenvalue weighted by Gasteiger charge is -2.20. The Bertz CT molecular complexity index is 856. The largest absolute Gasteiger partial charge is 0.255 e. The number of rotatable bonds is 7. The fourth-order valence-electron chi connectivity index (χ4n) is 3.74. The first kappa shape index (κ1) is 24.1. The lowest BCUT2D eigenvalue weighted by molar-refractivity contribution is 1.20. The second kappa shape index (κ2) is 11.3. The Labute approximate surface area is 186 Å². The predicted octanol–water partition coefficient (Wildman–Crippen LogP) is 6.94. The molecule has 2 heterocycles. The summed E-state index contributed by atoms with van der Waals surface area (Å²) in [6.45, 7) is 13.7. The summed E-state index contributed by atoms with van der Waals surface area (Å²) in [5, 5.41) is 0. The van der Waals surface area contributed by atoms with Crippen molar-refractivity contribution in [1.29, 1.82) is 0 Å². The molecule has 0 fully saturated rings. The maximum Gasteiger partial charge on any atom is 0.138 e. The number of pyridine rings is 2. The van der Waals surface area contributed by atoms with E-state index in [4.69, 9.17) is 0 Å². The summed E-state index contributed by atoms with van der Waals surface area (Å²) in [5.41, 5.74) is 11.1. The molecule has 0 unspecified atom stereocenters. The third-order valence-corrected chi connectivity index (χ3v) is 16.2. The SMILES string of the molecule is CC[Si](C#Cc1ccnc(-c2cc(C#C[Si](CC)(CC)CC)ccn2)c1)(CC)CC. The molecular weight excluding hydrogens is 396 g/mol. The van der Waals surface area contributed by atoms with Gasteiger partial charge in [-0.05, 0) is 60.5 Å². The number of hydrogen-bond acceptors (Lipinski definition) is 2. The van der Waals surface area contributed by atoms with Crippen LogP contribution in [0.4, 0.5) is 0 Å². The highest BCUT2D eigenvalue weighted by atomic mass is 28.3. The smallest absolute Gasteiger partial charge is 0.138 e. The van der Waals surface area contributed by atoms with Crippen LogP contribution in [0.15, 0.2) is 36.7 Å². The van der Waals surface area contributed by atoms with Gasteiger partial charge in [0.1, 0.15) is 16.1 Å². The first-order valence-corrected chi connectivity index (χ1v) is 16.7. The van der Waals surface area contributed by atoms with Gasteiger partial charge < -0.3 is 0 Å². The minimum atomic E-state index is -1.46. The minimum absolute atomic E-state index is 0.868. The Balaban J connectivity index is 2.35. The third kappa shape index (κ3) is 5.94. The van der Waals surface area contributed by atoms with E-state index in [1.54, 1.807) is 0 Å². The molecule has 158 valence electrons. The first-order chi connectivity index (χ1) is 14.5. The molecular formula is C26H36N2Si2. The molecule has 0 aliphatic carbocycles. The van der Waals surface area contributed by atoms with Crippen LogP contribution in [0.25, 0.3) is 11.4 Å². The van der Waals surface area contributed by atoms with E-state index < -0.39 is 16.1 Å². The van der Waals surface area contributed by atoms with Gasteiger partial charge in [-0.1, -0.05) is 53.4 Å². The van der Waals surface area contributed by atoms with Crippen LogP contribution >= 0.6 is 0 Å². The molecule has 0 atom stereocenters. The van der Waals surface area contributed by atoms with E-state index >= 15 is 0 Å². The Hall–Kier alpha value is -2.15. The molecule has 2 aromatic heterocycles. The Kier molecular flexibility index (Phi) is 9.09. The van der Waals surface area contributed by atoms with E-state index in [0.29, 0.717) is 0 Å². The molecule has 0 saturated carbocycles. The predicted molar refractivity (Wildman–Crippen MR) is 136 cm³/mol. The Morgan fingerprint density at radius 3 is 1.23 bits per heavy atom. The number of nitrogens with zero attached hydrogens (tertiary/aromatic N) is 2. The van der Waals surface area contributed by atoms with E-state index in [9.17, 15) is 0 Å². The maximum atomic E-state index is 4.55. The molecule has 0 amide bonds. The summed E-state index contributed by atoms with van der Waals surface area (Å²) in [6, 6.07) is 15.4. The van der Waals surface area contributed by atoms with Gasteiger partial charge in [0.15, 0.2) is 0 Å². The van der Waals surface area contributed by atoms with Gasteiger partial charge in [-0.3, -0.25) is 9.97 Å². The standard InChI is InChI=1S/C26H36N2Si2/c1-7-29(8-2,9-3)19-15-23-13-17-27-25(21-23)26-22-24(14-18-28-26)16-20-30(10-4,11-5)12-6/h13-14,17-18,21-22H,7-12H2,1-6H3. The lowest BCUT2D eigenvalue weighted by atomic mass is 10.1. The molecule has 2 nitrogen and oxygen atoms in total. The van der Waals surface area contributed by atoms with Crippen LogP contribution in [0.5, 0.6) is 0 Å². The zero-order valence-electron chi connectivity index (χ0n) is 19.6. The highest BCUT2D eigenvalue weighted by Gasteiger charge is 2.24. The van der Waals surface area contributed by atoms with Gasteiger partial charge in [0.2, 0.25) is 0 Å². The van der Waals surface area contributed by atoms with Crippen molar-refractivity contribution in [2.45, 2.75) is 77.8 Å². The lowest BCUT2D eigenvalue weighted by Crippen LogP contribution is -2.29. The molecule has 0 aliphatic heterocycles. The van der Waals surface area contributed by atoms with Crippen molar-refractivity contribution in [2.75, 3.05) is 0 Å². The van der Waals surface area contributed by atoms with Gasteiger partial charge in [0.25, 0.3) is 0 Å². The summed E-state index contributed by atoms with van der Waals surface area (Å²) >= 11 is 0. The second-order valence-electron chi connectivity index (χ2n) is 8.04. The van der Waals surface area contributed by atoms with E-state index in [2.05, 4.69) is 86.6 Å². The van der Waals surface area contributed by atoms with E-state index in [1.807, 2.05) is 24.5 Å². The minimum Gasteiger partial charge on any atom is -0.255 e. The van der Waals surface area contributed by atoms with Crippen LogP contribution in [0, 0.1) is 22.9 Å². The average Bonchev–Trinajstić information content (AvgIpc) is 2.82. The van der Waals surface area contributed by atoms with Crippen LogP contribution in [-0.4, -0.2) is 26.1 Å². The summed E-state index contributed by atoms with van der Waals surface area (Å²) < 4.78 is 0. The highest BCUT2D eigenvalue weighted by Crippen LogP contribution is 2.21. The Morgan fingerprint density at radius 1 is 0.600 bits per heavy atom. The maximum absolute atomic E-state index is 4.55. The normalized spacial score (nSPS) is 11.3. The molecule has 2 rings (SSSR count). The fraction of sp³-hybridized carbons (Fsp3) is 0.462. The van der Waals surface area contributed by atoms with E-state index in [-0.39, 0.29) is 0 Å². The molecule has 0 bridgehead atoms. The van der Waals surface area contributed by atoms with Crippen LogP contribution in [0.2, 0.25) is 36.3 Å². The zero-order valence-corrected chi connectivity index (χ0v) is 21.6. The molecule has 0 N–H and O–H groups in total. The van der Waals surface area contributed by atoms with E-state index in [1.165, 1.54) is 36.3 Å². The molecule has 0 radical (unpaired) electrons. The quantitative estimate of drug-likeness (QED) is 0.350. The third-order valence-electron chi connectivity index (χ3n) is 6.79. The van der Waals surface area contributed by atoms with Gasteiger partial charge >= 0.3 is 0 Å². The van der Waals surface area contributed by atoms with Gasteiger partial charge in [0.05, 0.1) is 11.4 Å². The fourth-order valence-corrected chi connectivity index (χ4v) is 8.62. The van der Waals surface area contributed by atoms with Gasteiger partial charge in [0, 0.05) is 23.5 Å². The first-order valence-electron chi connectivity index (χ1n) is 11.5. The van der Waals surface area contributed by atoms with Crippen molar-refractivity contribution < 1.29 is 0 Å². The van der Waals surface area contributed by atoms with Crippen LogP contribution < -0.4 is 0 Å². The monoisotopic (exact) mass is 432 g/mol. The molecule has 0 aromatic carbocycles. The summed E-state index contributed by atoms with van der Waals surface area (Å²) in [6.07, 6.45) is 3.69. The van der Waals surface area contributed by atoms with Crippen molar-refractivity contribution in [3.8, 4) is 34.3 Å². The molecule has 0 aliphatic rings. The van der Waals surface area contributed by atoms with Crippen LogP contribution in [-0.2, 0) is 0 Å². The molecule has 4 heteroatoms. The Morgan fingerprint density at radius 2 is 0.933 bits per heavy atom. The van der Waals surface area contributed by atoms with Crippen molar-refractivity contribution in [1.82, 2.24) is 9.97 Å². The molecule has 0 spiro atoms. The van der Waals surface area contributed by atoms with Crippen molar-refractivity contribution >= 4 is 16.1 Å². The summed E-state index contributed by atoms with van der Waals surface area (Å²) in [4.78, 5) is 9.11. The average molecular weight is 433 g/mol. The highest BCUT2D eigenvalue weighted by molar-refractivity contribution is 6.87. The van der Waals surface area contributed by atoms with Crippen molar-refractivity contribution in [2.24, 2.45) is 0 Å². The topological polar surface area (TPSA) is 25.8 Å². The second-order valence-corrected chi connectivity index (χ2v) is 17.9. The molecule has 2 aromatic rings. The zero-order chi connectivity index (χ0) is 22.0. The summed E-state index contributed by atoms with van der Waals surface area (Å²) in [7, 11) is -2.91. The number of aromatic nitrogens is 2. The van der Waals surface area contributed by atoms with Gasteiger partial charge in [-0.15, -0.1) is 11.1 Å². The van der Waals surface area contributed by atoms with Gasteiger partial charge in [-0.25, -0.2) is 0 Å². The summed E-state index contributed by atoms with van der Waals surface area (Å²) in [5.74, 6) is 6.91. The van der Waals surface area contributed by atoms with Crippen LogP contribution in [0.1, 0.15) is 52.7 Å². The van der Waals surface area contributed by atoms with Crippen molar-refractivity contribution in [3.63, 3.8) is 0 Å². The van der Waals surface area contributed by atoms with Gasteiger partial charge in [-0.2, -0.15) is 0 Å². The molecule has 0 saturated heterocycles. The van der Waals surface area contributed by atoms with Crippen molar-refractivity contribution in [3.05, 3.63) is 47.8 Å².